The van der Waals surface area contributed by atoms with Gasteiger partial charge in [-0.3, -0.25) is 14.7 Å². The van der Waals surface area contributed by atoms with Crippen molar-refractivity contribution in [2.24, 2.45) is 0 Å². The van der Waals surface area contributed by atoms with Crippen molar-refractivity contribution >= 4 is 5.91 Å². The van der Waals surface area contributed by atoms with Crippen LogP contribution in [-0.4, -0.2) is 63.8 Å². The Hall–Kier alpha value is -3.46. The van der Waals surface area contributed by atoms with Crippen LogP contribution in [-0.2, 0) is 0 Å². The number of pyridine rings is 2. The van der Waals surface area contributed by atoms with E-state index in [1.807, 2.05) is 0 Å². The van der Waals surface area contributed by atoms with E-state index in [4.69, 9.17) is 4.74 Å². The lowest BCUT2D eigenvalue weighted by molar-refractivity contribution is 0.0951. The number of H-pyrrole nitrogens is 1. The van der Waals surface area contributed by atoms with Crippen molar-refractivity contribution in [3.05, 3.63) is 58.8 Å². The minimum atomic E-state index is -0.250. The molecule has 0 saturated carbocycles. The van der Waals surface area contributed by atoms with Crippen LogP contribution in [0.2, 0.25) is 0 Å². The van der Waals surface area contributed by atoms with Crippen LogP contribution in [0.15, 0.2) is 47.7 Å². The molecule has 0 aliphatic carbocycles. The first-order chi connectivity index (χ1) is 15.2. The van der Waals surface area contributed by atoms with Gasteiger partial charge < -0.3 is 15.0 Å². The van der Waals surface area contributed by atoms with E-state index in [1.54, 1.807) is 36.7 Å². The summed E-state index contributed by atoms with van der Waals surface area (Å²) in [6.07, 6.45) is 8.14. The summed E-state index contributed by atoms with van der Waals surface area (Å²) in [5.74, 6) is 0.672. The Morgan fingerprint density at radius 3 is 2.81 bits per heavy atom. The van der Waals surface area contributed by atoms with Gasteiger partial charge in [0.05, 0.1) is 18.2 Å². The Morgan fingerprint density at radius 1 is 1.23 bits per heavy atom. The summed E-state index contributed by atoms with van der Waals surface area (Å²) in [4.78, 5) is 35.9. The van der Waals surface area contributed by atoms with Crippen molar-refractivity contribution in [3.63, 3.8) is 0 Å². The van der Waals surface area contributed by atoms with Crippen LogP contribution in [0, 0.1) is 0 Å². The van der Waals surface area contributed by atoms with E-state index in [0.717, 1.165) is 26.1 Å². The summed E-state index contributed by atoms with van der Waals surface area (Å²) >= 11 is 0. The largest absolute Gasteiger partial charge is 0.481 e. The maximum absolute atomic E-state index is 12.8. The second-order valence-electron chi connectivity index (χ2n) is 7.48. The van der Waals surface area contributed by atoms with Gasteiger partial charge in [0.1, 0.15) is 0 Å². The predicted molar refractivity (Wildman–Crippen MR) is 117 cm³/mol. The van der Waals surface area contributed by atoms with Crippen LogP contribution >= 0.6 is 0 Å². The number of ether oxygens (including phenoxy) is 1. The van der Waals surface area contributed by atoms with Gasteiger partial charge in [-0.1, -0.05) is 0 Å². The first-order valence-electron chi connectivity index (χ1n) is 10.4. The molecule has 0 atom stereocenters. The van der Waals surface area contributed by atoms with E-state index < -0.39 is 0 Å². The number of aromatic amines is 1. The molecule has 0 bridgehead atoms. The van der Waals surface area contributed by atoms with Gasteiger partial charge in [0, 0.05) is 31.2 Å². The SMILES string of the molecule is COc1cc(-c2c[nH]n(-c3ccc(C(=O)NCCCN4CCCC4)cn3)c2=O)ccn1. The highest BCUT2D eigenvalue weighted by molar-refractivity contribution is 5.93. The molecule has 1 saturated heterocycles. The zero-order chi connectivity index (χ0) is 21.6. The average Bonchev–Trinajstić information content (AvgIpc) is 3.46. The number of carbonyl (C=O) groups is 1. The summed E-state index contributed by atoms with van der Waals surface area (Å²) in [7, 11) is 1.52. The zero-order valence-electron chi connectivity index (χ0n) is 17.5. The Morgan fingerprint density at radius 2 is 2.06 bits per heavy atom. The van der Waals surface area contributed by atoms with Gasteiger partial charge in [0.25, 0.3) is 11.5 Å². The molecule has 4 rings (SSSR count). The summed E-state index contributed by atoms with van der Waals surface area (Å²) in [6.45, 7) is 3.96. The molecule has 9 heteroatoms. The van der Waals surface area contributed by atoms with Crippen molar-refractivity contribution in [2.75, 3.05) is 33.3 Å². The number of rotatable bonds is 8. The van der Waals surface area contributed by atoms with Gasteiger partial charge in [-0.05, 0) is 62.7 Å². The molecule has 1 aliphatic heterocycles. The van der Waals surface area contributed by atoms with Gasteiger partial charge in [0.2, 0.25) is 5.88 Å². The van der Waals surface area contributed by atoms with E-state index >= 15 is 0 Å². The normalized spacial score (nSPS) is 14.0. The topological polar surface area (TPSA) is 105 Å². The van der Waals surface area contributed by atoms with Gasteiger partial charge in [-0.15, -0.1) is 0 Å². The van der Waals surface area contributed by atoms with Crippen molar-refractivity contribution in [3.8, 4) is 22.8 Å². The minimum Gasteiger partial charge on any atom is -0.481 e. The number of nitrogens with one attached hydrogen (secondary N) is 2. The molecule has 3 aromatic heterocycles. The molecule has 0 radical (unpaired) electrons. The molecule has 31 heavy (non-hydrogen) atoms. The Balaban J connectivity index is 1.39. The number of hydrogen-bond acceptors (Lipinski definition) is 6. The molecule has 4 heterocycles. The van der Waals surface area contributed by atoms with Gasteiger partial charge in [-0.25, -0.2) is 14.6 Å². The van der Waals surface area contributed by atoms with Crippen molar-refractivity contribution in [1.82, 2.24) is 30.0 Å². The van der Waals surface area contributed by atoms with Gasteiger partial charge in [-0.2, -0.15) is 0 Å². The number of carbonyl (C=O) groups excluding carboxylic acids is 1. The molecule has 3 aromatic rings. The third-order valence-corrected chi connectivity index (χ3v) is 5.40. The van der Waals surface area contributed by atoms with Crippen LogP contribution < -0.4 is 15.6 Å². The molecule has 0 aromatic carbocycles. The Bertz CT molecular complexity index is 1080. The van der Waals surface area contributed by atoms with E-state index in [2.05, 4.69) is 25.3 Å². The third-order valence-electron chi connectivity index (χ3n) is 5.40. The number of hydrogen-bond donors (Lipinski definition) is 2. The lowest BCUT2D eigenvalue weighted by Gasteiger charge is -2.14. The maximum Gasteiger partial charge on any atom is 0.280 e. The highest BCUT2D eigenvalue weighted by Gasteiger charge is 2.14. The van der Waals surface area contributed by atoms with Crippen LogP contribution in [0.3, 0.4) is 0 Å². The fourth-order valence-electron chi connectivity index (χ4n) is 3.70. The molecular formula is C22H26N6O3. The van der Waals surface area contributed by atoms with E-state index in [-0.39, 0.29) is 11.5 Å². The second kappa shape index (κ2) is 9.57. The number of amides is 1. The molecule has 2 N–H and O–H groups in total. The predicted octanol–water partition coefficient (Wildman–Crippen LogP) is 1.85. The van der Waals surface area contributed by atoms with Crippen LogP contribution in [0.25, 0.3) is 16.9 Å². The van der Waals surface area contributed by atoms with Gasteiger partial charge in [0.15, 0.2) is 5.82 Å². The molecule has 0 unspecified atom stereocenters. The number of likely N-dealkylation sites (tertiary alicyclic amines) is 1. The molecule has 1 amide bonds. The zero-order valence-corrected chi connectivity index (χ0v) is 17.5. The van der Waals surface area contributed by atoms with Gasteiger partial charge >= 0.3 is 0 Å². The molecule has 0 spiro atoms. The fraction of sp³-hybridized carbons (Fsp3) is 0.364. The maximum atomic E-state index is 12.8. The average molecular weight is 422 g/mol. The highest BCUT2D eigenvalue weighted by Crippen LogP contribution is 2.19. The first kappa shape index (κ1) is 20.8. The summed E-state index contributed by atoms with van der Waals surface area (Å²) < 4.78 is 6.45. The molecule has 1 fully saturated rings. The quantitative estimate of drug-likeness (QED) is 0.537. The molecule has 1 aliphatic rings. The summed E-state index contributed by atoms with van der Waals surface area (Å²) in [5.41, 5.74) is 1.38. The van der Waals surface area contributed by atoms with Crippen LogP contribution in [0.4, 0.5) is 0 Å². The number of nitrogens with zero attached hydrogens (tertiary/aromatic N) is 4. The van der Waals surface area contributed by atoms with Crippen molar-refractivity contribution in [1.29, 1.82) is 0 Å². The lowest BCUT2D eigenvalue weighted by atomic mass is 10.1. The highest BCUT2D eigenvalue weighted by atomic mass is 16.5. The van der Waals surface area contributed by atoms with E-state index in [9.17, 15) is 9.59 Å². The van der Waals surface area contributed by atoms with Crippen molar-refractivity contribution in [2.45, 2.75) is 19.3 Å². The summed E-state index contributed by atoms with van der Waals surface area (Å²) in [5, 5.41) is 5.85. The monoisotopic (exact) mass is 422 g/mol. The van der Waals surface area contributed by atoms with Crippen LogP contribution in [0.5, 0.6) is 5.88 Å². The Kier molecular flexibility index (Phi) is 6.42. The van der Waals surface area contributed by atoms with Crippen molar-refractivity contribution < 1.29 is 9.53 Å². The smallest absolute Gasteiger partial charge is 0.280 e. The molecule has 9 nitrogen and oxygen atoms in total. The first-order valence-corrected chi connectivity index (χ1v) is 10.4. The van der Waals surface area contributed by atoms with Crippen LogP contribution in [0.1, 0.15) is 29.6 Å². The lowest BCUT2D eigenvalue weighted by Crippen LogP contribution is -2.28. The number of methoxy groups -OCH3 is 1. The third kappa shape index (κ3) is 4.83. The second-order valence-corrected chi connectivity index (χ2v) is 7.48. The summed E-state index contributed by atoms with van der Waals surface area (Å²) in [6, 6.07) is 6.75. The number of aromatic nitrogens is 4. The standard InChI is InChI=1S/C22H26N6O3/c1-31-20-13-16(7-9-23-20)18-15-26-28(22(18)30)19-6-5-17(14-25-19)21(29)24-8-4-12-27-10-2-3-11-27/h5-7,9,13-15,26H,2-4,8,10-12H2,1H3,(H,24,29). The van der Waals surface area contributed by atoms with E-state index in [1.165, 1.54) is 30.8 Å². The minimum absolute atomic E-state index is 0.163. The molecular weight excluding hydrogens is 396 g/mol. The fourth-order valence-corrected chi connectivity index (χ4v) is 3.70. The molecule has 162 valence electrons. The Labute approximate surface area is 180 Å². The van der Waals surface area contributed by atoms with E-state index in [0.29, 0.717) is 34.9 Å².